The molecule has 0 bridgehead atoms. The van der Waals surface area contributed by atoms with Crippen LogP contribution in [0.4, 0.5) is 19.0 Å². The molecule has 0 saturated heterocycles. The number of aryl methyl sites for hydroxylation is 2. The number of aliphatic carboxylic acids is 1. The lowest BCUT2D eigenvalue weighted by Crippen LogP contribution is -2.44. The van der Waals surface area contributed by atoms with Gasteiger partial charge in [0.05, 0.1) is 0 Å². The number of carboxylic acid groups (broad SMARTS) is 1. The fourth-order valence-corrected chi connectivity index (χ4v) is 4.22. The van der Waals surface area contributed by atoms with Crippen LogP contribution in [0.5, 0.6) is 5.75 Å². The van der Waals surface area contributed by atoms with E-state index < -0.39 is 35.4 Å². The lowest BCUT2D eigenvalue weighted by molar-refractivity contribution is -0.156. The fraction of sp³-hybridized carbons (Fsp3) is 0.615. The maximum Gasteiger partial charge on any atom is 0.389 e. The molecule has 2 rings (SSSR count). The quantitative estimate of drug-likeness (QED) is 0.361. The van der Waals surface area contributed by atoms with E-state index in [1.807, 2.05) is 32.9 Å². The highest BCUT2D eigenvalue weighted by molar-refractivity contribution is 5.77. The smallest absolute Gasteiger partial charge is 0.389 e. The lowest BCUT2D eigenvalue weighted by Gasteiger charge is -2.32. The summed E-state index contributed by atoms with van der Waals surface area (Å²) in [4.78, 5) is 36.6. The van der Waals surface area contributed by atoms with Crippen LogP contribution in [0.2, 0.25) is 0 Å². The molecule has 2 aromatic rings. The van der Waals surface area contributed by atoms with Crippen molar-refractivity contribution in [3.63, 3.8) is 0 Å². The molecule has 0 aliphatic carbocycles. The lowest BCUT2D eigenvalue weighted by atomic mass is 9.82. The second-order valence-electron chi connectivity index (χ2n) is 10.8. The summed E-state index contributed by atoms with van der Waals surface area (Å²) in [5, 5.41) is 16.5. The van der Waals surface area contributed by atoms with E-state index in [1.54, 1.807) is 19.1 Å². The van der Waals surface area contributed by atoms with Gasteiger partial charge in [-0.1, -0.05) is 32.9 Å². The summed E-state index contributed by atoms with van der Waals surface area (Å²) in [5.74, 6) is -0.660. The molecular formula is C26H37F3N4O5. The van der Waals surface area contributed by atoms with Crippen LogP contribution >= 0.6 is 0 Å². The first-order valence-electron chi connectivity index (χ1n) is 12.5. The highest BCUT2D eigenvalue weighted by atomic mass is 19.4. The number of unbranched alkanes of at least 4 members (excludes halogenated alkanes) is 1. The van der Waals surface area contributed by atoms with Gasteiger partial charge in [-0.15, -0.1) is 5.10 Å². The minimum atomic E-state index is -4.36. The fourth-order valence-electron chi connectivity index (χ4n) is 4.22. The molecule has 1 aromatic carbocycles. The number of carboxylic acids is 1. The van der Waals surface area contributed by atoms with Crippen molar-refractivity contribution in [1.29, 1.82) is 0 Å². The van der Waals surface area contributed by atoms with Crippen molar-refractivity contribution in [1.82, 2.24) is 14.3 Å². The molecule has 38 heavy (non-hydrogen) atoms. The van der Waals surface area contributed by atoms with Gasteiger partial charge in [0, 0.05) is 33.0 Å². The Morgan fingerprint density at radius 3 is 2.39 bits per heavy atom. The van der Waals surface area contributed by atoms with Crippen LogP contribution in [-0.4, -0.2) is 43.7 Å². The molecule has 0 amide bonds. The Bertz CT molecular complexity index is 1220. The standard InChI is InChI=1S/C26H37F3N4O5/c1-24(2,3)17-25(4,22(35)36)38-19-12-8-11-18(16-19)10-6-7-14-30-20-21(34)33(23(37)32(5)31-20)15-9-13-26(27,28)29/h8,11-12,16H,6-7,9-10,13-15,17H2,1-5H3,(H,30,31)(H,35,36). The molecule has 212 valence electrons. The molecule has 0 aliphatic heterocycles. The number of carbonyl (C=O) groups is 1. The van der Waals surface area contributed by atoms with Crippen LogP contribution in [0.15, 0.2) is 33.9 Å². The number of nitrogens with zero attached hydrogens (tertiary/aromatic N) is 3. The number of nitrogens with one attached hydrogen (secondary N) is 1. The number of rotatable bonds is 13. The molecule has 0 radical (unpaired) electrons. The summed E-state index contributed by atoms with van der Waals surface area (Å²) in [6.07, 6.45) is -3.48. The Hall–Kier alpha value is -3.31. The molecule has 1 atom stereocenters. The minimum absolute atomic E-state index is 0.0960. The average Bonchev–Trinajstić information content (AvgIpc) is 2.77. The zero-order chi connectivity index (χ0) is 28.7. The normalized spacial score (nSPS) is 13.7. The van der Waals surface area contributed by atoms with Crippen LogP contribution < -0.4 is 21.3 Å². The van der Waals surface area contributed by atoms with E-state index in [2.05, 4.69) is 10.4 Å². The molecular weight excluding hydrogens is 505 g/mol. The van der Waals surface area contributed by atoms with Crippen LogP contribution in [0.25, 0.3) is 0 Å². The van der Waals surface area contributed by atoms with Crippen LogP contribution in [0.3, 0.4) is 0 Å². The summed E-state index contributed by atoms with van der Waals surface area (Å²) < 4.78 is 44.9. The van der Waals surface area contributed by atoms with E-state index in [1.165, 1.54) is 7.05 Å². The Morgan fingerprint density at radius 2 is 1.79 bits per heavy atom. The van der Waals surface area contributed by atoms with Gasteiger partial charge in [0.15, 0.2) is 0 Å². The molecule has 1 unspecified atom stereocenters. The Labute approximate surface area is 219 Å². The number of ether oxygens (including phenoxy) is 1. The minimum Gasteiger partial charge on any atom is -0.478 e. The van der Waals surface area contributed by atoms with E-state index in [-0.39, 0.29) is 24.2 Å². The average molecular weight is 543 g/mol. The van der Waals surface area contributed by atoms with Gasteiger partial charge in [-0.25, -0.2) is 14.3 Å². The van der Waals surface area contributed by atoms with Gasteiger partial charge in [-0.05, 0) is 55.7 Å². The van der Waals surface area contributed by atoms with Crippen molar-refractivity contribution in [2.75, 3.05) is 11.9 Å². The van der Waals surface area contributed by atoms with Gasteiger partial charge >= 0.3 is 17.8 Å². The van der Waals surface area contributed by atoms with Crippen LogP contribution in [0.1, 0.15) is 65.4 Å². The first-order valence-corrected chi connectivity index (χ1v) is 12.5. The number of aromatic nitrogens is 3. The monoisotopic (exact) mass is 542 g/mol. The summed E-state index contributed by atoms with van der Waals surface area (Å²) in [6.45, 7) is 7.44. The molecule has 9 nitrogen and oxygen atoms in total. The first kappa shape index (κ1) is 30.9. The summed E-state index contributed by atoms with van der Waals surface area (Å²) in [6, 6.07) is 7.25. The molecule has 12 heteroatoms. The van der Waals surface area contributed by atoms with Gasteiger partial charge in [0.1, 0.15) is 5.75 Å². The topological polar surface area (TPSA) is 115 Å². The van der Waals surface area contributed by atoms with E-state index in [0.717, 1.165) is 21.2 Å². The van der Waals surface area contributed by atoms with E-state index in [9.17, 15) is 32.7 Å². The number of benzene rings is 1. The highest BCUT2D eigenvalue weighted by Crippen LogP contribution is 2.32. The van der Waals surface area contributed by atoms with Crippen molar-refractivity contribution in [2.24, 2.45) is 12.5 Å². The molecule has 0 saturated carbocycles. The van der Waals surface area contributed by atoms with Gasteiger partial charge in [0.25, 0.3) is 5.56 Å². The van der Waals surface area contributed by atoms with Gasteiger partial charge in [-0.3, -0.25) is 9.36 Å². The van der Waals surface area contributed by atoms with Crippen molar-refractivity contribution >= 4 is 11.8 Å². The maximum absolute atomic E-state index is 12.6. The van der Waals surface area contributed by atoms with E-state index in [0.29, 0.717) is 31.6 Å². The highest BCUT2D eigenvalue weighted by Gasteiger charge is 2.39. The number of hydrogen-bond donors (Lipinski definition) is 2. The van der Waals surface area contributed by atoms with E-state index in [4.69, 9.17) is 4.74 Å². The van der Waals surface area contributed by atoms with Crippen LogP contribution in [0, 0.1) is 5.41 Å². The Balaban J connectivity index is 1.95. The second kappa shape index (κ2) is 12.5. The number of alkyl halides is 3. The number of halogens is 3. The predicted octanol–water partition coefficient (Wildman–Crippen LogP) is 4.38. The molecule has 1 aromatic heterocycles. The molecule has 0 fully saturated rings. The summed E-state index contributed by atoms with van der Waals surface area (Å²) in [7, 11) is 1.33. The third kappa shape index (κ3) is 9.53. The third-order valence-corrected chi connectivity index (χ3v) is 5.79. The second-order valence-corrected chi connectivity index (χ2v) is 10.8. The number of hydrogen-bond acceptors (Lipinski definition) is 6. The molecule has 2 N–H and O–H groups in total. The van der Waals surface area contributed by atoms with Crippen molar-refractivity contribution in [2.45, 2.75) is 84.5 Å². The van der Waals surface area contributed by atoms with Crippen molar-refractivity contribution in [3.05, 3.63) is 50.7 Å². The van der Waals surface area contributed by atoms with E-state index >= 15 is 0 Å². The zero-order valence-electron chi connectivity index (χ0n) is 22.5. The molecule has 0 aliphatic rings. The third-order valence-electron chi connectivity index (χ3n) is 5.79. The first-order chi connectivity index (χ1) is 17.5. The summed E-state index contributed by atoms with van der Waals surface area (Å²) in [5.41, 5.74) is -2.19. The van der Waals surface area contributed by atoms with Crippen molar-refractivity contribution in [3.8, 4) is 5.75 Å². The largest absolute Gasteiger partial charge is 0.478 e. The SMILES string of the molecule is Cn1nc(NCCCCc2cccc(OC(C)(CC(C)(C)C)C(=O)O)c2)c(=O)n(CCCC(F)(F)F)c1=O. The Morgan fingerprint density at radius 1 is 1.11 bits per heavy atom. The van der Waals surface area contributed by atoms with Gasteiger partial charge in [-0.2, -0.15) is 13.2 Å². The predicted molar refractivity (Wildman–Crippen MR) is 138 cm³/mol. The van der Waals surface area contributed by atoms with Gasteiger partial charge in [0.2, 0.25) is 11.4 Å². The van der Waals surface area contributed by atoms with Crippen LogP contribution in [-0.2, 0) is 24.8 Å². The van der Waals surface area contributed by atoms with Gasteiger partial charge < -0.3 is 15.2 Å². The Kier molecular flexibility index (Phi) is 10.2. The van der Waals surface area contributed by atoms with Crippen molar-refractivity contribution < 1.29 is 27.8 Å². The zero-order valence-corrected chi connectivity index (χ0v) is 22.5. The molecule has 0 spiro atoms. The molecule has 1 heterocycles. The summed E-state index contributed by atoms with van der Waals surface area (Å²) >= 11 is 0. The maximum atomic E-state index is 12.6. The number of anilines is 1.